The summed E-state index contributed by atoms with van der Waals surface area (Å²) in [6.45, 7) is 13.1. The zero-order chi connectivity index (χ0) is 19.9. The van der Waals surface area contributed by atoms with E-state index in [0.29, 0.717) is 0 Å². The van der Waals surface area contributed by atoms with Gasteiger partial charge in [-0.05, 0) is 26.7 Å². The first-order valence-electron chi connectivity index (χ1n) is 11.9. The molecule has 0 aromatic carbocycles. The molecule has 2 atom stereocenters. The van der Waals surface area contributed by atoms with Crippen molar-refractivity contribution in [2.45, 2.75) is 156 Å². The van der Waals surface area contributed by atoms with Gasteiger partial charge in [0.2, 0.25) is 0 Å². The minimum Gasteiger partial charge on any atom is -0.233 e. The highest BCUT2D eigenvalue weighted by Gasteiger charge is 2.08. The smallest absolute Gasteiger partial charge is 0.0902 e. The zero-order valence-electron chi connectivity index (χ0n) is 19.3. The average molecular weight is 373 g/mol. The van der Waals surface area contributed by atoms with Crippen molar-refractivity contribution in [2.75, 3.05) is 0 Å². The van der Waals surface area contributed by atoms with Crippen LogP contribution in [0.4, 0.5) is 0 Å². The second kappa shape index (κ2) is 24.9. The van der Waals surface area contributed by atoms with Crippen molar-refractivity contribution in [2.24, 2.45) is 0 Å². The van der Waals surface area contributed by atoms with Crippen LogP contribution in [-0.2, 0) is 9.78 Å². The molecule has 0 N–H and O–H groups in total. The van der Waals surface area contributed by atoms with E-state index in [1.807, 2.05) is 0 Å². The predicted molar refractivity (Wildman–Crippen MR) is 118 cm³/mol. The fourth-order valence-electron chi connectivity index (χ4n) is 2.71. The van der Waals surface area contributed by atoms with Crippen LogP contribution in [0.2, 0.25) is 0 Å². The topological polar surface area (TPSA) is 18.5 Å². The normalized spacial score (nSPS) is 13.2. The molecule has 0 spiro atoms. The lowest BCUT2D eigenvalue weighted by molar-refractivity contribution is -0.346. The van der Waals surface area contributed by atoms with Crippen LogP contribution in [0.15, 0.2) is 0 Å². The summed E-state index contributed by atoms with van der Waals surface area (Å²) in [5.41, 5.74) is 0. The van der Waals surface area contributed by atoms with Crippen LogP contribution in [0.1, 0.15) is 144 Å². The van der Waals surface area contributed by atoms with Crippen LogP contribution in [0.3, 0.4) is 0 Å². The van der Waals surface area contributed by atoms with Gasteiger partial charge in [0.05, 0.1) is 12.2 Å². The highest BCUT2D eigenvalue weighted by atomic mass is 17.2. The van der Waals surface area contributed by atoms with Gasteiger partial charge in [0.1, 0.15) is 0 Å². The largest absolute Gasteiger partial charge is 0.233 e. The van der Waals surface area contributed by atoms with E-state index in [9.17, 15) is 0 Å². The minimum absolute atomic E-state index is 0.234. The lowest BCUT2D eigenvalue weighted by Crippen LogP contribution is -2.15. The number of hydrogen-bond donors (Lipinski definition) is 0. The molecular formula is C24H52O2. The van der Waals surface area contributed by atoms with Crippen LogP contribution in [0.25, 0.3) is 0 Å². The van der Waals surface area contributed by atoms with E-state index in [1.165, 1.54) is 89.9 Å². The standard InChI is InChI=1S/C20H42O2.C4H10/c1-5-7-9-11-13-15-17-19(3)21-22-20(4)18-16-14-12-10-8-6-2;1-3-4-2/h19-20H,5-18H2,1-4H3;3-4H2,1-2H3. The van der Waals surface area contributed by atoms with Crippen molar-refractivity contribution in [3.05, 3.63) is 0 Å². The third-order valence-corrected chi connectivity index (χ3v) is 4.81. The first-order chi connectivity index (χ1) is 12.6. The molecule has 0 aliphatic carbocycles. The average Bonchev–Trinajstić information content (AvgIpc) is 2.65. The summed E-state index contributed by atoms with van der Waals surface area (Å²) in [4.78, 5) is 11.1. The van der Waals surface area contributed by atoms with E-state index in [2.05, 4.69) is 41.5 Å². The summed E-state index contributed by atoms with van der Waals surface area (Å²) in [7, 11) is 0. The molecule has 0 aliphatic heterocycles. The third kappa shape index (κ3) is 26.2. The Balaban J connectivity index is 0. The van der Waals surface area contributed by atoms with Crippen LogP contribution in [0, 0.1) is 0 Å². The quantitative estimate of drug-likeness (QED) is 0.136. The van der Waals surface area contributed by atoms with Gasteiger partial charge in [-0.2, -0.15) is 0 Å². The van der Waals surface area contributed by atoms with Crippen molar-refractivity contribution < 1.29 is 9.78 Å². The Labute approximate surface area is 166 Å². The van der Waals surface area contributed by atoms with Crippen molar-refractivity contribution in [1.82, 2.24) is 0 Å². The van der Waals surface area contributed by atoms with E-state index in [-0.39, 0.29) is 12.2 Å². The van der Waals surface area contributed by atoms with Gasteiger partial charge >= 0.3 is 0 Å². The SMILES string of the molecule is CCCC.CCCCCCCCC(C)OOC(C)CCCCCCCC. The monoisotopic (exact) mass is 372 g/mol. The summed E-state index contributed by atoms with van der Waals surface area (Å²) in [5, 5.41) is 0. The van der Waals surface area contributed by atoms with Gasteiger partial charge in [-0.1, -0.05) is 118 Å². The molecule has 0 aliphatic rings. The number of unbranched alkanes of at least 4 members (excludes halogenated alkanes) is 11. The van der Waals surface area contributed by atoms with E-state index in [0.717, 1.165) is 12.8 Å². The van der Waals surface area contributed by atoms with Crippen molar-refractivity contribution in [1.29, 1.82) is 0 Å². The molecule has 0 rings (SSSR count). The molecule has 0 aromatic heterocycles. The van der Waals surface area contributed by atoms with E-state index >= 15 is 0 Å². The Kier molecular flexibility index (Phi) is 27.0. The molecular weight excluding hydrogens is 320 g/mol. The van der Waals surface area contributed by atoms with Gasteiger partial charge in [-0.25, -0.2) is 9.78 Å². The zero-order valence-corrected chi connectivity index (χ0v) is 19.3. The molecule has 0 saturated carbocycles. The van der Waals surface area contributed by atoms with Gasteiger partial charge in [0.25, 0.3) is 0 Å². The molecule has 2 nitrogen and oxygen atoms in total. The van der Waals surface area contributed by atoms with Crippen molar-refractivity contribution >= 4 is 0 Å². The molecule has 0 radical (unpaired) electrons. The molecule has 26 heavy (non-hydrogen) atoms. The second-order valence-electron chi connectivity index (χ2n) is 7.93. The first kappa shape index (κ1) is 28.1. The maximum absolute atomic E-state index is 5.53. The van der Waals surface area contributed by atoms with Crippen LogP contribution < -0.4 is 0 Å². The van der Waals surface area contributed by atoms with Crippen LogP contribution in [0.5, 0.6) is 0 Å². The van der Waals surface area contributed by atoms with E-state index < -0.39 is 0 Å². The molecule has 0 fully saturated rings. The Bertz CT molecular complexity index is 206. The second-order valence-corrected chi connectivity index (χ2v) is 7.93. The van der Waals surface area contributed by atoms with Crippen molar-refractivity contribution in [3.63, 3.8) is 0 Å². The number of hydrogen-bond acceptors (Lipinski definition) is 2. The molecule has 160 valence electrons. The van der Waals surface area contributed by atoms with Gasteiger partial charge < -0.3 is 0 Å². The van der Waals surface area contributed by atoms with Crippen molar-refractivity contribution in [3.8, 4) is 0 Å². The molecule has 2 heteroatoms. The van der Waals surface area contributed by atoms with Gasteiger partial charge in [-0.15, -0.1) is 0 Å². The summed E-state index contributed by atoms with van der Waals surface area (Å²) in [6.07, 6.45) is 21.5. The molecule has 0 bridgehead atoms. The summed E-state index contributed by atoms with van der Waals surface area (Å²) in [6, 6.07) is 0. The van der Waals surface area contributed by atoms with E-state index in [1.54, 1.807) is 0 Å². The fourth-order valence-corrected chi connectivity index (χ4v) is 2.71. The number of rotatable bonds is 18. The Hall–Kier alpha value is -0.0800. The highest BCUT2D eigenvalue weighted by molar-refractivity contribution is 4.53. The summed E-state index contributed by atoms with van der Waals surface area (Å²) < 4.78 is 0. The highest BCUT2D eigenvalue weighted by Crippen LogP contribution is 2.13. The van der Waals surface area contributed by atoms with Gasteiger partial charge in [-0.3, -0.25) is 0 Å². The predicted octanol–water partition coefficient (Wildman–Crippen LogP) is 9.02. The minimum atomic E-state index is 0.234. The Morgan fingerprint density at radius 1 is 0.423 bits per heavy atom. The van der Waals surface area contributed by atoms with E-state index in [4.69, 9.17) is 9.78 Å². The first-order valence-corrected chi connectivity index (χ1v) is 11.9. The summed E-state index contributed by atoms with van der Waals surface area (Å²) >= 11 is 0. The van der Waals surface area contributed by atoms with Crippen LogP contribution >= 0.6 is 0 Å². The fraction of sp³-hybridized carbons (Fsp3) is 1.00. The third-order valence-electron chi connectivity index (χ3n) is 4.81. The molecule has 0 amide bonds. The maximum atomic E-state index is 5.53. The molecule has 0 heterocycles. The molecule has 0 aromatic rings. The maximum Gasteiger partial charge on any atom is 0.0902 e. The summed E-state index contributed by atoms with van der Waals surface area (Å²) in [5.74, 6) is 0. The van der Waals surface area contributed by atoms with Crippen LogP contribution in [-0.4, -0.2) is 12.2 Å². The molecule has 2 unspecified atom stereocenters. The Morgan fingerprint density at radius 3 is 1.04 bits per heavy atom. The molecule has 0 saturated heterocycles. The Morgan fingerprint density at radius 2 is 0.731 bits per heavy atom. The van der Waals surface area contributed by atoms with Gasteiger partial charge in [0.15, 0.2) is 0 Å². The van der Waals surface area contributed by atoms with Gasteiger partial charge in [0, 0.05) is 0 Å². The lowest BCUT2D eigenvalue weighted by Gasteiger charge is -2.16. The lowest BCUT2D eigenvalue weighted by atomic mass is 10.1.